The summed E-state index contributed by atoms with van der Waals surface area (Å²) in [6.07, 6.45) is 4.25. The topological polar surface area (TPSA) is 73.8 Å². The minimum atomic E-state index is -2.89. The SMILES string of the molecule is CCNC(=NCCc1cc(C)cc(C)c1)NC1CCN(CCS(C)(=O)=O)CC1.I. The number of rotatable bonds is 8. The van der Waals surface area contributed by atoms with Gasteiger partial charge in [0.1, 0.15) is 9.84 Å². The summed E-state index contributed by atoms with van der Waals surface area (Å²) in [5.41, 5.74) is 3.93. The summed E-state index contributed by atoms with van der Waals surface area (Å²) in [7, 11) is -2.89. The van der Waals surface area contributed by atoms with Crippen molar-refractivity contribution < 1.29 is 8.42 Å². The molecule has 0 atom stereocenters. The van der Waals surface area contributed by atoms with Crippen molar-refractivity contribution in [3.05, 3.63) is 34.9 Å². The third kappa shape index (κ3) is 10.6. The highest BCUT2D eigenvalue weighted by molar-refractivity contribution is 14.0. The van der Waals surface area contributed by atoms with E-state index in [0.29, 0.717) is 12.6 Å². The van der Waals surface area contributed by atoms with Crippen molar-refractivity contribution in [1.29, 1.82) is 0 Å². The zero-order chi connectivity index (χ0) is 20.6. The summed E-state index contributed by atoms with van der Waals surface area (Å²) >= 11 is 0. The van der Waals surface area contributed by atoms with E-state index in [0.717, 1.165) is 51.4 Å². The zero-order valence-corrected chi connectivity index (χ0v) is 21.3. The summed E-state index contributed by atoms with van der Waals surface area (Å²) < 4.78 is 22.7. The van der Waals surface area contributed by atoms with Crippen LogP contribution in [0.25, 0.3) is 0 Å². The first-order valence-electron chi connectivity index (χ1n) is 10.3. The van der Waals surface area contributed by atoms with Crippen LogP contribution in [0.15, 0.2) is 23.2 Å². The van der Waals surface area contributed by atoms with Gasteiger partial charge in [-0.25, -0.2) is 8.42 Å². The number of sulfone groups is 1. The minimum absolute atomic E-state index is 0. The molecular formula is C21H37IN4O2S. The molecule has 0 bridgehead atoms. The predicted octanol–water partition coefficient (Wildman–Crippen LogP) is 2.53. The second kappa shape index (κ2) is 12.7. The molecule has 1 aromatic carbocycles. The van der Waals surface area contributed by atoms with E-state index in [2.05, 4.69) is 54.5 Å². The van der Waals surface area contributed by atoms with Crippen molar-refractivity contribution in [1.82, 2.24) is 15.5 Å². The Labute approximate surface area is 193 Å². The van der Waals surface area contributed by atoms with Gasteiger partial charge in [-0.15, -0.1) is 24.0 Å². The molecule has 0 aliphatic carbocycles. The van der Waals surface area contributed by atoms with E-state index in [9.17, 15) is 8.42 Å². The lowest BCUT2D eigenvalue weighted by Gasteiger charge is -2.32. The molecule has 29 heavy (non-hydrogen) atoms. The van der Waals surface area contributed by atoms with Gasteiger partial charge >= 0.3 is 0 Å². The summed E-state index contributed by atoms with van der Waals surface area (Å²) in [5, 5.41) is 6.89. The lowest BCUT2D eigenvalue weighted by atomic mass is 10.1. The number of halogens is 1. The highest BCUT2D eigenvalue weighted by Crippen LogP contribution is 2.11. The molecule has 2 rings (SSSR count). The third-order valence-corrected chi connectivity index (χ3v) is 5.93. The van der Waals surface area contributed by atoms with Crippen LogP contribution in [0, 0.1) is 13.8 Å². The fourth-order valence-electron chi connectivity index (χ4n) is 3.62. The van der Waals surface area contributed by atoms with E-state index >= 15 is 0 Å². The molecule has 166 valence electrons. The van der Waals surface area contributed by atoms with Crippen LogP contribution in [0.4, 0.5) is 0 Å². The first kappa shape index (κ1) is 26.2. The average Bonchev–Trinajstić information content (AvgIpc) is 2.60. The van der Waals surface area contributed by atoms with E-state index in [1.54, 1.807) is 0 Å². The second-order valence-electron chi connectivity index (χ2n) is 7.90. The second-order valence-corrected chi connectivity index (χ2v) is 10.2. The van der Waals surface area contributed by atoms with Gasteiger partial charge in [-0.05, 0) is 45.6 Å². The number of likely N-dealkylation sites (tertiary alicyclic amines) is 1. The summed E-state index contributed by atoms with van der Waals surface area (Å²) in [5.74, 6) is 1.12. The van der Waals surface area contributed by atoms with Gasteiger partial charge in [-0.3, -0.25) is 4.99 Å². The van der Waals surface area contributed by atoms with Crippen LogP contribution >= 0.6 is 24.0 Å². The highest BCUT2D eigenvalue weighted by atomic mass is 127. The highest BCUT2D eigenvalue weighted by Gasteiger charge is 2.20. The first-order valence-corrected chi connectivity index (χ1v) is 12.3. The molecule has 1 heterocycles. The van der Waals surface area contributed by atoms with Gasteiger partial charge < -0.3 is 15.5 Å². The molecule has 1 aliphatic heterocycles. The lowest BCUT2D eigenvalue weighted by molar-refractivity contribution is 0.216. The van der Waals surface area contributed by atoms with Crippen molar-refractivity contribution >= 4 is 39.8 Å². The standard InChI is InChI=1S/C21H36N4O2S.HI/c1-5-22-21(23-9-6-19-15-17(2)14-18(3)16-19)24-20-7-10-25(11-8-20)12-13-28(4,26)27;/h14-16,20H,5-13H2,1-4H3,(H2,22,23,24);1H. The molecule has 2 N–H and O–H groups in total. The summed E-state index contributed by atoms with van der Waals surface area (Å²) in [6.45, 7) is 10.4. The van der Waals surface area contributed by atoms with Crippen LogP contribution in [0.3, 0.4) is 0 Å². The van der Waals surface area contributed by atoms with Crippen LogP contribution < -0.4 is 10.6 Å². The number of aliphatic imine (C=N–C) groups is 1. The van der Waals surface area contributed by atoms with E-state index in [4.69, 9.17) is 4.99 Å². The summed E-state index contributed by atoms with van der Waals surface area (Å²) in [4.78, 5) is 6.99. The van der Waals surface area contributed by atoms with Crippen LogP contribution in [0.2, 0.25) is 0 Å². The molecule has 6 nitrogen and oxygen atoms in total. The third-order valence-electron chi connectivity index (χ3n) is 5.00. The van der Waals surface area contributed by atoms with Crippen molar-refractivity contribution in [2.75, 3.05) is 44.7 Å². The fraction of sp³-hybridized carbons (Fsp3) is 0.667. The molecule has 0 unspecified atom stereocenters. The fourth-order valence-corrected chi connectivity index (χ4v) is 4.21. The lowest BCUT2D eigenvalue weighted by Crippen LogP contribution is -2.49. The van der Waals surface area contributed by atoms with Crippen LogP contribution in [0.5, 0.6) is 0 Å². The van der Waals surface area contributed by atoms with E-state index < -0.39 is 9.84 Å². The molecular weight excluding hydrogens is 499 g/mol. The number of aryl methyl sites for hydroxylation is 2. The molecule has 0 radical (unpaired) electrons. The molecule has 0 saturated carbocycles. The number of guanidine groups is 1. The van der Waals surface area contributed by atoms with Crippen molar-refractivity contribution in [2.24, 2.45) is 4.99 Å². The van der Waals surface area contributed by atoms with E-state index in [1.165, 1.54) is 22.9 Å². The van der Waals surface area contributed by atoms with Gasteiger partial charge in [-0.2, -0.15) is 0 Å². The molecule has 1 saturated heterocycles. The Morgan fingerprint density at radius 2 is 1.79 bits per heavy atom. The van der Waals surface area contributed by atoms with E-state index in [-0.39, 0.29) is 29.7 Å². The number of nitrogens with one attached hydrogen (secondary N) is 2. The van der Waals surface area contributed by atoms with Crippen LogP contribution in [-0.2, 0) is 16.3 Å². The average molecular weight is 537 g/mol. The minimum Gasteiger partial charge on any atom is -0.357 e. The molecule has 0 aromatic heterocycles. The molecule has 0 amide bonds. The number of hydrogen-bond donors (Lipinski definition) is 2. The molecule has 1 aromatic rings. The van der Waals surface area contributed by atoms with Crippen molar-refractivity contribution in [3.63, 3.8) is 0 Å². The van der Waals surface area contributed by atoms with Crippen LogP contribution in [0.1, 0.15) is 36.5 Å². The largest absolute Gasteiger partial charge is 0.357 e. The maximum Gasteiger partial charge on any atom is 0.191 e. The predicted molar refractivity (Wildman–Crippen MR) is 133 cm³/mol. The molecule has 1 aliphatic rings. The Bertz CT molecular complexity index is 740. The van der Waals surface area contributed by atoms with Gasteiger partial charge in [0, 0.05) is 45.0 Å². The Morgan fingerprint density at radius 3 is 2.34 bits per heavy atom. The molecule has 0 spiro atoms. The van der Waals surface area contributed by atoms with Gasteiger partial charge in [0.05, 0.1) is 5.75 Å². The van der Waals surface area contributed by atoms with Gasteiger partial charge in [0.25, 0.3) is 0 Å². The maximum absolute atomic E-state index is 11.3. The van der Waals surface area contributed by atoms with E-state index in [1.807, 2.05) is 0 Å². The number of benzene rings is 1. The number of piperidine rings is 1. The van der Waals surface area contributed by atoms with Crippen molar-refractivity contribution in [2.45, 2.75) is 46.1 Å². The quantitative estimate of drug-likeness (QED) is 0.304. The normalized spacial score (nSPS) is 16.3. The monoisotopic (exact) mass is 536 g/mol. The Kier molecular flexibility index (Phi) is 11.5. The van der Waals surface area contributed by atoms with Gasteiger partial charge in [0.15, 0.2) is 5.96 Å². The maximum atomic E-state index is 11.3. The Balaban J connectivity index is 0.00000420. The Morgan fingerprint density at radius 1 is 1.17 bits per heavy atom. The van der Waals surface area contributed by atoms with Crippen molar-refractivity contribution in [3.8, 4) is 0 Å². The smallest absolute Gasteiger partial charge is 0.191 e. The van der Waals surface area contributed by atoms with Gasteiger partial charge in [-0.1, -0.05) is 29.3 Å². The molecule has 1 fully saturated rings. The summed E-state index contributed by atoms with van der Waals surface area (Å²) in [6, 6.07) is 7.04. The van der Waals surface area contributed by atoms with Crippen LogP contribution in [-0.4, -0.2) is 70.1 Å². The Hall–Kier alpha value is -0.870. The zero-order valence-electron chi connectivity index (χ0n) is 18.2. The number of hydrogen-bond acceptors (Lipinski definition) is 4. The van der Waals surface area contributed by atoms with Gasteiger partial charge in [0.2, 0.25) is 0 Å². The number of nitrogens with zero attached hydrogens (tertiary/aromatic N) is 2. The first-order chi connectivity index (χ1) is 13.2. The molecule has 8 heteroatoms.